The van der Waals surface area contributed by atoms with Gasteiger partial charge in [-0.25, -0.2) is 0 Å². The molecule has 0 saturated heterocycles. The lowest BCUT2D eigenvalue weighted by Crippen LogP contribution is -2.48. The lowest BCUT2D eigenvalue weighted by molar-refractivity contribution is 0.0885. The molecular weight excluding hydrogens is 236 g/mol. The first-order chi connectivity index (χ1) is 9.24. The minimum absolute atomic E-state index is 0.143. The van der Waals surface area contributed by atoms with E-state index in [0.29, 0.717) is 13.2 Å². The Balaban J connectivity index is 2.01. The highest BCUT2D eigenvalue weighted by molar-refractivity contribution is 5.85. The van der Waals surface area contributed by atoms with E-state index in [1.165, 1.54) is 22.2 Å². The molecule has 2 N–H and O–H groups in total. The Hall–Kier alpha value is -1.58. The molecule has 1 atom stereocenters. The van der Waals surface area contributed by atoms with Crippen LogP contribution in [0.4, 0.5) is 0 Å². The van der Waals surface area contributed by atoms with E-state index in [0.717, 1.165) is 13.0 Å². The topological polar surface area (TPSA) is 37.0 Å². The number of aromatic nitrogens is 1. The number of H-pyrrole nitrogens is 1. The fourth-order valence-electron chi connectivity index (χ4n) is 2.95. The molecule has 1 aliphatic rings. The number of nitrogens with one attached hydrogen (secondary N) is 2. The van der Waals surface area contributed by atoms with Crippen molar-refractivity contribution in [1.82, 2.24) is 10.3 Å². The molecule has 0 spiro atoms. The Labute approximate surface area is 113 Å². The Morgan fingerprint density at radius 2 is 2.26 bits per heavy atom. The first-order valence-corrected chi connectivity index (χ1v) is 6.78. The quantitative estimate of drug-likeness (QED) is 0.652. The second-order valence-corrected chi connectivity index (χ2v) is 5.34. The molecule has 0 amide bonds. The molecule has 1 aromatic heterocycles. The normalized spacial score (nSPS) is 22.4. The van der Waals surface area contributed by atoms with Crippen LogP contribution >= 0.6 is 0 Å². The van der Waals surface area contributed by atoms with Gasteiger partial charge in [-0.1, -0.05) is 24.3 Å². The summed E-state index contributed by atoms with van der Waals surface area (Å²) in [5.74, 6) is 0. The number of fused-ring (bicyclic) bond motifs is 3. The van der Waals surface area contributed by atoms with Crippen molar-refractivity contribution in [2.45, 2.75) is 18.9 Å². The number of benzene rings is 1. The summed E-state index contributed by atoms with van der Waals surface area (Å²) in [4.78, 5) is 3.57. The van der Waals surface area contributed by atoms with Gasteiger partial charge in [0.2, 0.25) is 0 Å². The van der Waals surface area contributed by atoms with E-state index in [9.17, 15) is 0 Å². The summed E-state index contributed by atoms with van der Waals surface area (Å²) in [5, 5.41) is 4.92. The summed E-state index contributed by atoms with van der Waals surface area (Å²) in [5.41, 5.74) is 3.77. The van der Waals surface area contributed by atoms with Crippen LogP contribution in [0.3, 0.4) is 0 Å². The Bertz CT molecular complexity index is 602. The lowest BCUT2D eigenvalue weighted by Gasteiger charge is -2.34. The molecule has 0 radical (unpaired) electrons. The fraction of sp³-hybridized carbons (Fsp3) is 0.375. The molecule has 1 aliphatic heterocycles. The lowest BCUT2D eigenvalue weighted by atomic mass is 9.89. The molecule has 1 aromatic carbocycles. The van der Waals surface area contributed by atoms with Crippen molar-refractivity contribution in [3.8, 4) is 0 Å². The zero-order valence-corrected chi connectivity index (χ0v) is 11.3. The van der Waals surface area contributed by atoms with Crippen LogP contribution in [-0.4, -0.2) is 24.7 Å². The number of hydrogen-bond acceptors (Lipinski definition) is 2. The van der Waals surface area contributed by atoms with Crippen LogP contribution in [0, 0.1) is 0 Å². The third-order valence-electron chi connectivity index (χ3n) is 3.88. The van der Waals surface area contributed by atoms with Gasteiger partial charge in [0.15, 0.2) is 0 Å². The summed E-state index contributed by atoms with van der Waals surface area (Å²) < 4.78 is 5.68. The number of rotatable bonds is 4. The Morgan fingerprint density at radius 3 is 3.11 bits per heavy atom. The molecule has 0 bridgehead atoms. The first-order valence-electron chi connectivity index (χ1n) is 6.78. The maximum Gasteiger partial charge on any atom is 0.0797 e. The Kier molecular flexibility index (Phi) is 3.17. The zero-order chi connectivity index (χ0) is 13.3. The van der Waals surface area contributed by atoms with Crippen molar-refractivity contribution < 1.29 is 4.74 Å². The van der Waals surface area contributed by atoms with Crippen LogP contribution in [0.25, 0.3) is 10.9 Å². The SMILES string of the molecule is C=CCOCC1(C)NCCc2c1[nH]c1ccccc21. The largest absolute Gasteiger partial charge is 0.375 e. The molecule has 3 heteroatoms. The van der Waals surface area contributed by atoms with Gasteiger partial charge in [0.1, 0.15) is 0 Å². The number of para-hydroxylation sites is 1. The second-order valence-electron chi connectivity index (χ2n) is 5.34. The molecule has 2 heterocycles. The number of ether oxygens (including phenoxy) is 1. The van der Waals surface area contributed by atoms with E-state index < -0.39 is 0 Å². The number of hydrogen-bond donors (Lipinski definition) is 2. The predicted molar refractivity (Wildman–Crippen MR) is 78.4 cm³/mol. The third-order valence-corrected chi connectivity index (χ3v) is 3.88. The van der Waals surface area contributed by atoms with Crippen LogP contribution < -0.4 is 5.32 Å². The van der Waals surface area contributed by atoms with Crippen molar-refractivity contribution in [2.24, 2.45) is 0 Å². The summed E-state index contributed by atoms with van der Waals surface area (Å²) in [6.07, 6.45) is 2.86. The molecule has 3 rings (SSSR count). The van der Waals surface area contributed by atoms with Crippen LogP contribution in [0.2, 0.25) is 0 Å². The predicted octanol–water partition coefficient (Wildman–Crippen LogP) is 2.73. The third kappa shape index (κ3) is 2.09. The van der Waals surface area contributed by atoms with Crippen LogP contribution in [-0.2, 0) is 16.7 Å². The van der Waals surface area contributed by atoms with Crippen LogP contribution in [0.15, 0.2) is 36.9 Å². The van der Waals surface area contributed by atoms with E-state index in [1.807, 2.05) is 0 Å². The highest BCUT2D eigenvalue weighted by Gasteiger charge is 2.34. The Morgan fingerprint density at radius 1 is 1.42 bits per heavy atom. The average molecular weight is 256 g/mol. The molecule has 19 heavy (non-hydrogen) atoms. The number of aromatic amines is 1. The molecule has 100 valence electrons. The summed E-state index contributed by atoms with van der Waals surface area (Å²) in [6.45, 7) is 8.12. The standard InChI is InChI=1S/C16H20N2O/c1-3-10-19-11-16(2)15-13(8-9-17-16)12-6-4-5-7-14(12)18-15/h3-7,17-18H,1,8-11H2,2H3. The molecule has 0 saturated carbocycles. The molecule has 3 nitrogen and oxygen atoms in total. The van der Waals surface area contributed by atoms with E-state index in [-0.39, 0.29) is 5.54 Å². The second kappa shape index (κ2) is 4.83. The maximum atomic E-state index is 5.68. The highest BCUT2D eigenvalue weighted by Crippen LogP contribution is 2.33. The molecule has 2 aromatic rings. The van der Waals surface area contributed by atoms with E-state index in [4.69, 9.17) is 4.74 Å². The molecule has 0 fully saturated rings. The van der Waals surface area contributed by atoms with Gasteiger partial charge < -0.3 is 15.0 Å². The maximum absolute atomic E-state index is 5.68. The van der Waals surface area contributed by atoms with Gasteiger partial charge in [-0.2, -0.15) is 0 Å². The summed E-state index contributed by atoms with van der Waals surface area (Å²) in [7, 11) is 0. The summed E-state index contributed by atoms with van der Waals surface area (Å²) >= 11 is 0. The van der Waals surface area contributed by atoms with Gasteiger partial charge in [0.05, 0.1) is 18.8 Å². The molecule has 0 aliphatic carbocycles. The monoisotopic (exact) mass is 256 g/mol. The van der Waals surface area contributed by atoms with Crippen molar-refractivity contribution in [2.75, 3.05) is 19.8 Å². The van der Waals surface area contributed by atoms with Gasteiger partial charge in [0, 0.05) is 23.1 Å². The van der Waals surface area contributed by atoms with Gasteiger partial charge in [-0.05, 0) is 25.0 Å². The summed E-state index contributed by atoms with van der Waals surface area (Å²) in [6, 6.07) is 8.51. The minimum atomic E-state index is -0.143. The highest BCUT2D eigenvalue weighted by atomic mass is 16.5. The molecule has 1 unspecified atom stereocenters. The first kappa shape index (κ1) is 12.5. The van der Waals surface area contributed by atoms with Gasteiger partial charge in [0.25, 0.3) is 0 Å². The van der Waals surface area contributed by atoms with E-state index >= 15 is 0 Å². The van der Waals surface area contributed by atoms with Gasteiger partial charge in [-0.15, -0.1) is 6.58 Å². The van der Waals surface area contributed by atoms with Crippen LogP contribution in [0.1, 0.15) is 18.2 Å². The fourth-order valence-corrected chi connectivity index (χ4v) is 2.95. The van der Waals surface area contributed by atoms with Crippen molar-refractivity contribution in [1.29, 1.82) is 0 Å². The smallest absolute Gasteiger partial charge is 0.0797 e. The van der Waals surface area contributed by atoms with E-state index in [2.05, 4.69) is 48.1 Å². The van der Waals surface area contributed by atoms with Gasteiger partial charge >= 0.3 is 0 Å². The van der Waals surface area contributed by atoms with Crippen molar-refractivity contribution in [3.05, 3.63) is 48.2 Å². The zero-order valence-electron chi connectivity index (χ0n) is 11.3. The van der Waals surface area contributed by atoms with Crippen LogP contribution in [0.5, 0.6) is 0 Å². The van der Waals surface area contributed by atoms with Gasteiger partial charge in [-0.3, -0.25) is 0 Å². The van der Waals surface area contributed by atoms with E-state index in [1.54, 1.807) is 6.08 Å². The average Bonchev–Trinajstić information content (AvgIpc) is 2.80. The van der Waals surface area contributed by atoms with Crippen molar-refractivity contribution in [3.63, 3.8) is 0 Å². The molecular formula is C16H20N2O. The minimum Gasteiger partial charge on any atom is -0.375 e. The van der Waals surface area contributed by atoms with Crippen molar-refractivity contribution >= 4 is 10.9 Å².